The van der Waals surface area contributed by atoms with Gasteiger partial charge in [0, 0.05) is 4.88 Å². The van der Waals surface area contributed by atoms with Gasteiger partial charge in [-0.05, 0) is 49.8 Å². The summed E-state index contributed by atoms with van der Waals surface area (Å²) < 4.78 is 5.19. The zero-order valence-electron chi connectivity index (χ0n) is 15.1. The molecule has 5 nitrogen and oxygen atoms in total. The van der Waals surface area contributed by atoms with E-state index in [9.17, 15) is 14.9 Å². The largest absolute Gasteiger partial charge is 0.462 e. The summed E-state index contributed by atoms with van der Waals surface area (Å²) in [6.45, 7) is 2.03. The normalized spacial score (nSPS) is 13.4. The summed E-state index contributed by atoms with van der Waals surface area (Å²) in [4.78, 5) is 26.2. The molecule has 1 amide bonds. The molecule has 0 saturated heterocycles. The highest BCUT2D eigenvalue weighted by molar-refractivity contribution is 7.17. The Kier molecular flexibility index (Phi) is 6.05. The molecule has 0 saturated carbocycles. The van der Waals surface area contributed by atoms with Crippen molar-refractivity contribution in [3.05, 3.63) is 57.5 Å². The van der Waals surface area contributed by atoms with E-state index in [4.69, 9.17) is 4.74 Å². The number of thiophene rings is 1. The summed E-state index contributed by atoms with van der Waals surface area (Å²) in [5, 5.41) is 12.6. The van der Waals surface area contributed by atoms with Gasteiger partial charge in [-0.1, -0.05) is 30.3 Å². The minimum absolute atomic E-state index is 0.0117. The number of nitriles is 1. The van der Waals surface area contributed by atoms with Crippen molar-refractivity contribution in [2.75, 3.05) is 11.9 Å². The highest BCUT2D eigenvalue weighted by atomic mass is 32.1. The topological polar surface area (TPSA) is 79.2 Å². The van der Waals surface area contributed by atoms with Crippen LogP contribution in [0.3, 0.4) is 0 Å². The van der Waals surface area contributed by atoms with Gasteiger partial charge in [0.05, 0.1) is 12.2 Å². The number of carbonyl (C=O) groups excluding carboxylic acids is 2. The molecular formula is C21H20N2O3S. The molecular weight excluding hydrogens is 360 g/mol. The number of ether oxygens (including phenoxy) is 1. The Bertz CT molecular complexity index is 923. The van der Waals surface area contributed by atoms with Crippen LogP contribution in [0.4, 0.5) is 5.00 Å². The second-order valence-electron chi connectivity index (χ2n) is 6.17. The van der Waals surface area contributed by atoms with Gasteiger partial charge in [-0.2, -0.15) is 5.26 Å². The lowest BCUT2D eigenvalue weighted by Gasteiger charge is -2.12. The van der Waals surface area contributed by atoms with Crippen molar-refractivity contribution in [1.29, 1.82) is 5.26 Å². The highest BCUT2D eigenvalue weighted by Gasteiger charge is 2.27. The monoisotopic (exact) mass is 380 g/mol. The van der Waals surface area contributed by atoms with Gasteiger partial charge in [-0.25, -0.2) is 4.79 Å². The van der Waals surface area contributed by atoms with Crippen LogP contribution in [0.5, 0.6) is 0 Å². The van der Waals surface area contributed by atoms with E-state index in [0.717, 1.165) is 41.7 Å². The SMILES string of the molecule is CCOC(=O)c1c(NC(=O)/C(C#N)=C\c2ccccc2)sc2c1CCCC2. The standard InChI is InChI=1S/C21H20N2O3S/c1-2-26-21(25)18-16-10-6-7-11-17(16)27-20(18)23-19(24)15(13-22)12-14-8-4-3-5-9-14/h3-5,8-9,12H,2,6-7,10-11H2,1H3,(H,23,24)/b15-12-. The molecule has 0 spiro atoms. The first kappa shape index (κ1) is 18.9. The van der Waals surface area contributed by atoms with E-state index < -0.39 is 11.9 Å². The second kappa shape index (κ2) is 8.65. The zero-order chi connectivity index (χ0) is 19.2. The Hall–Kier alpha value is -2.91. The maximum atomic E-state index is 12.6. The first-order valence-electron chi connectivity index (χ1n) is 8.94. The number of anilines is 1. The Morgan fingerprint density at radius 2 is 2.00 bits per heavy atom. The Labute approximate surface area is 162 Å². The number of nitrogens with zero attached hydrogens (tertiary/aromatic N) is 1. The molecule has 1 heterocycles. The lowest BCUT2D eigenvalue weighted by atomic mass is 9.95. The van der Waals surface area contributed by atoms with Crippen LogP contribution >= 0.6 is 11.3 Å². The molecule has 1 aliphatic carbocycles. The lowest BCUT2D eigenvalue weighted by Crippen LogP contribution is -2.16. The summed E-state index contributed by atoms with van der Waals surface area (Å²) in [7, 11) is 0. The van der Waals surface area contributed by atoms with Crippen molar-refractivity contribution >= 4 is 34.3 Å². The summed E-state index contributed by atoms with van der Waals surface area (Å²) in [6.07, 6.45) is 5.32. The number of amides is 1. The molecule has 1 aromatic heterocycles. The predicted octanol–water partition coefficient (Wildman–Crippen LogP) is 4.35. The zero-order valence-corrected chi connectivity index (χ0v) is 15.9. The molecule has 1 N–H and O–H groups in total. The van der Waals surface area contributed by atoms with Crippen molar-refractivity contribution in [3.63, 3.8) is 0 Å². The molecule has 1 aliphatic rings. The second-order valence-corrected chi connectivity index (χ2v) is 7.28. The first-order chi connectivity index (χ1) is 13.1. The van der Waals surface area contributed by atoms with Gasteiger partial charge < -0.3 is 10.1 Å². The number of fused-ring (bicyclic) bond motifs is 1. The van der Waals surface area contributed by atoms with Gasteiger partial charge in [0.15, 0.2) is 0 Å². The average Bonchev–Trinajstić information content (AvgIpc) is 3.04. The Morgan fingerprint density at radius 3 is 2.70 bits per heavy atom. The summed E-state index contributed by atoms with van der Waals surface area (Å²) in [5.41, 5.74) is 2.18. The van der Waals surface area contributed by atoms with E-state index in [0.29, 0.717) is 10.6 Å². The van der Waals surface area contributed by atoms with Crippen molar-refractivity contribution in [2.45, 2.75) is 32.6 Å². The van der Waals surface area contributed by atoms with Crippen molar-refractivity contribution < 1.29 is 14.3 Å². The van der Waals surface area contributed by atoms with Crippen molar-refractivity contribution in [3.8, 4) is 6.07 Å². The van der Waals surface area contributed by atoms with Crippen LogP contribution in [0.1, 0.15) is 46.1 Å². The number of benzene rings is 1. The maximum Gasteiger partial charge on any atom is 0.341 e. The van der Waals surface area contributed by atoms with Crippen LogP contribution in [-0.2, 0) is 22.4 Å². The van der Waals surface area contributed by atoms with E-state index in [1.165, 1.54) is 17.4 Å². The number of rotatable bonds is 5. The van der Waals surface area contributed by atoms with Gasteiger partial charge in [-0.15, -0.1) is 11.3 Å². The van der Waals surface area contributed by atoms with Crippen LogP contribution in [0.2, 0.25) is 0 Å². The molecule has 0 fully saturated rings. The third-order valence-electron chi connectivity index (χ3n) is 4.35. The summed E-state index contributed by atoms with van der Waals surface area (Å²) in [6, 6.07) is 11.1. The fourth-order valence-electron chi connectivity index (χ4n) is 3.11. The summed E-state index contributed by atoms with van der Waals surface area (Å²) >= 11 is 1.41. The van der Waals surface area contributed by atoms with Crippen molar-refractivity contribution in [1.82, 2.24) is 0 Å². The maximum absolute atomic E-state index is 12.6. The van der Waals surface area contributed by atoms with Gasteiger partial charge in [0.1, 0.15) is 16.6 Å². The quantitative estimate of drug-likeness (QED) is 0.475. The van der Waals surface area contributed by atoms with E-state index in [1.54, 1.807) is 6.92 Å². The lowest BCUT2D eigenvalue weighted by molar-refractivity contribution is -0.112. The average molecular weight is 380 g/mol. The van der Waals surface area contributed by atoms with E-state index in [-0.39, 0.29) is 12.2 Å². The van der Waals surface area contributed by atoms with Crippen LogP contribution in [0.15, 0.2) is 35.9 Å². The van der Waals surface area contributed by atoms with Crippen LogP contribution < -0.4 is 5.32 Å². The molecule has 0 aliphatic heterocycles. The van der Waals surface area contributed by atoms with Gasteiger partial charge in [0.2, 0.25) is 0 Å². The molecule has 2 aromatic rings. The predicted molar refractivity (Wildman–Crippen MR) is 106 cm³/mol. The minimum Gasteiger partial charge on any atom is -0.462 e. The Balaban J connectivity index is 1.91. The molecule has 138 valence electrons. The van der Waals surface area contributed by atoms with Crippen molar-refractivity contribution in [2.24, 2.45) is 0 Å². The number of hydrogen-bond acceptors (Lipinski definition) is 5. The highest BCUT2D eigenvalue weighted by Crippen LogP contribution is 2.38. The third kappa shape index (κ3) is 4.26. The molecule has 6 heteroatoms. The fraction of sp³-hybridized carbons (Fsp3) is 0.286. The van der Waals surface area contributed by atoms with Gasteiger partial charge in [-0.3, -0.25) is 4.79 Å². The number of carbonyl (C=O) groups is 2. The molecule has 0 bridgehead atoms. The molecule has 3 rings (SSSR count). The number of esters is 1. The van der Waals surface area contributed by atoms with Crippen LogP contribution in [0, 0.1) is 11.3 Å². The van der Waals surface area contributed by atoms with Gasteiger partial charge >= 0.3 is 5.97 Å². The van der Waals surface area contributed by atoms with E-state index in [1.807, 2.05) is 36.4 Å². The molecule has 27 heavy (non-hydrogen) atoms. The number of hydrogen-bond donors (Lipinski definition) is 1. The smallest absolute Gasteiger partial charge is 0.341 e. The fourth-order valence-corrected chi connectivity index (χ4v) is 4.38. The molecule has 0 unspecified atom stereocenters. The summed E-state index contributed by atoms with van der Waals surface area (Å²) in [5.74, 6) is -0.941. The number of aryl methyl sites for hydroxylation is 1. The minimum atomic E-state index is -0.523. The van der Waals surface area contributed by atoms with Gasteiger partial charge in [0.25, 0.3) is 5.91 Å². The molecule has 0 atom stereocenters. The van der Waals surface area contributed by atoms with Crippen LogP contribution in [0.25, 0.3) is 6.08 Å². The first-order valence-corrected chi connectivity index (χ1v) is 9.75. The number of nitrogens with one attached hydrogen (secondary N) is 1. The van der Waals surface area contributed by atoms with E-state index in [2.05, 4.69) is 5.32 Å². The Morgan fingerprint density at radius 1 is 1.26 bits per heavy atom. The van der Waals surface area contributed by atoms with E-state index >= 15 is 0 Å². The molecule has 1 aromatic carbocycles. The third-order valence-corrected chi connectivity index (χ3v) is 5.56. The van der Waals surface area contributed by atoms with Crippen LogP contribution in [-0.4, -0.2) is 18.5 Å². The molecule has 0 radical (unpaired) electrons.